The van der Waals surface area contributed by atoms with Gasteiger partial charge in [0, 0.05) is 28.9 Å². The molecule has 0 radical (unpaired) electrons. The maximum absolute atomic E-state index is 5.88. The van der Waals surface area contributed by atoms with Gasteiger partial charge in [-0.2, -0.15) is 5.21 Å². The van der Waals surface area contributed by atoms with E-state index in [1.807, 2.05) is 6.07 Å². The quantitative estimate of drug-likeness (QED) is 0.383. The molecule has 1 N–H and O–H groups in total. The van der Waals surface area contributed by atoms with E-state index in [2.05, 4.69) is 68.5 Å². The molecule has 0 unspecified atom stereocenters. The summed E-state index contributed by atoms with van der Waals surface area (Å²) in [5.41, 5.74) is 2.52. The predicted molar refractivity (Wildman–Crippen MR) is 111 cm³/mol. The Balaban J connectivity index is 1.56. The van der Waals surface area contributed by atoms with Crippen molar-refractivity contribution in [2.75, 3.05) is 0 Å². The smallest absolute Gasteiger partial charge is 0.211 e. The predicted octanol–water partition coefficient (Wildman–Crippen LogP) is 5.25. The zero-order valence-corrected chi connectivity index (χ0v) is 16.4. The van der Waals surface area contributed by atoms with Gasteiger partial charge in [0.1, 0.15) is 5.75 Å². The number of unbranched alkanes of at least 4 members (excludes halogenated alkanes) is 5. The molecule has 2 heterocycles. The highest BCUT2D eigenvalue weighted by molar-refractivity contribution is 6.08. The fourth-order valence-corrected chi connectivity index (χ4v) is 3.80. The largest absolute Gasteiger partial charge is 0.485 e. The number of fused-ring (bicyclic) bond motifs is 3. The lowest BCUT2D eigenvalue weighted by atomic mass is 10.1. The van der Waals surface area contributed by atoms with E-state index >= 15 is 0 Å². The third kappa shape index (κ3) is 4.01. The van der Waals surface area contributed by atoms with Crippen LogP contribution in [0.25, 0.3) is 21.8 Å². The Morgan fingerprint density at radius 1 is 0.929 bits per heavy atom. The normalized spacial score (nSPS) is 11.5. The van der Waals surface area contributed by atoms with E-state index in [0.717, 1.165) is 12.3 Å². The van der Waals surface area contributed by atoms with Crippen molar-refractivity contribution in [3.8, 4) is 5.75 Å². The van der Waals surface area contributed by atoms with Gasteiger partial charge in [-0.1, -0.05) is 62.4 Å². The molecule has 2 aromatic carbocycles. The second-order valence-electron chi connectivity index (χ2n) is 7.23. The lowest BCUT2D eigenvalue weighted by Gasteiger charge is -2.09. The molecule has 4 aromatic rings. The molecular weight excluding hydrogens is 350 g/mol. The SMILES string of the molecule is CCCCCCCCn1c2ccccc2c2ccc(OCc3nn[nH]n3)cc21. The molecule has 0 saturated heterocycles. The summed E-state index contributed by atoms with van der Waals surface area (Å²) in [5, 5.41) is 16.5. The number of benzene rings is 2. The minimum absolute atomic E-state index is 0.305. The average molecular weight is 377 g/mol. The van der Waals surface area contributed by atoms with Crippen LogP contribution in [0.1, 0.15) is 51.3 Å². The number of aromatic amines is 1. The van der Waals surface area contributed by atoms with Crippen molar-refractivity contribution >= 4 is 21.8 Å². The summed E-state index contributed by atoms with van der Waals surface area (Å²) in [6.45, 7) is 3.60. The standard InChI is InChI=1S/C22H27N5O/c1-2-3-4-5-6-9-14-27-20-11-8-7-10-18(20)19-13-12-17(15-21(19)27)28-16-22-23-25-26-24-22/h7-8,10-13,15H,2-6,9,14,16H2,1H3,(H,23,24,25,26). The van der Waals surface area contributed by atoms with Crippen molar-refractivity contribution in [2.45, 2.75) is 58.6 Å². The molecule has 6 heteroatoms. The Bertz CT molecular complexity index is 1020. The number of aromatic nitrogens is 5. The van der Waals surface area contributed by atoms with Gasteiger partial charge in [0.25, 0.3) is 0 Å². The Morgan fingerprint density at radius 3 is 2.61 bits per heavy atom. The summed E-state index contributed by atoms with van der Waals surface area (Å²) >= 11 is 0. The molecule has 0 atom stereocenters. The van der Waals surface area contributed by atoms with Crippen molar-refractivity contribution < 1.29 is 4.74 Å². The number of tetrazole rings is 1. The average Bonchev–Trinajstić information content (AvgIpc) is 3.35. The third-order valence-corrected chi connectivity index (χ3v) is 5.24. The van der Waals surface area contributed by atoms with E-state index in [1.165, 1.54) is 60.3 Å². The van der Waals surface area contributed by atoms with Crippen LogP contribution in [0.2, 0.25) is 0 Å². The molecule has 0 aliphatic carbocycles. The first-order valence-electron chi connectivity index (χ1n) is 10.2. The van der Waals surface area contributed by atoms with Gasteiger partial charge in [-0.05, 0) is 24.6 Å². The maximum Gasteiger partial charge on any atom is 0.211 e. The molecule has 2 aromatic heterocycles. The molecular formula is C22H27N5O. The van der Waals surface area contributed by atoms with Crippen molar-refractivity contribution in [1.29, 1.82) is 0 Å². The molecule has 0 saturated carbocycles. The minimum Gasteiger partial charge on any atom is -0.485 e. The molecule has 0 aliphatic rings. The number of nitrogens with zero attached hydrogens (tertiary/aromatic N) is 4. The van der Waals surface area contributed by atoms with Gasteiger partial charge >= 0.3 is 0 Å². The number of nitrogens with one attached hydrogen (secondary N) is 1. The van der Waals surface area contributed by atoms with E-state index in [-0.39, 0.29) is 0 Å². The number of rotatable bonds is 10. The van der Waals surface area contributed by atoms with Gasteiger partial charge < -0.3 is 9.30 Å². The number of aryl methyl sites for hydroxylation is 1. The highest BCUT2D eigenvalue weighted by atomic mass is 16.5. The molecule has 28 heavy (non-hydrogen) atoms. The van der Waals surface area contributed by atoms with Gasteiger partial charge in [-0.25, -0.2) is 0 Å². The van der Waals surface area contributed by atoms with Crippen LogP contribution in [0, 0.1) is 0 Å². The van der Waals surface area contributed by atoms with E-state index in [4.69, 9.17) is 4.74 Å². The van der Waals surface area contributed by atoms with Crippen molar-refractivity contribution in [3.05, 3.63) is 48.3 Å². The van der Waals surface area contributed by atoms with E-state index in [9.17, 15) is 0 Å². The third-order valence-electron chi connectivity index (χ3n) is 5.24. The molecule has 0 aliphatic heterocycles. The summed E-state index contributed by atoms with van der Waals surface area (Å²) in [4.78, 5) is 0. The zero-order chi connectivity index (χ0) is 19.2. The molecule has 4 rings (SSSR count). The fraction of sp³-hybridized carbons (Fsp3) is 0.409. The van der Waals surface area contributed by atoms with Crippen LogP contribution in [0.5, 0.6) is 5.75 Å². The topological polar surface area (TPSA) is 68.6 Å². The lowest BCUT2D eigenvalue weighted by Crippen LogP contribution is -2.00. The number of H-pyrrole nitrogens is 1. The van der Waals surface area contributed by atoms with Crippen molar-refractivity contribution in [1.82, 2.24) is 25.2 Å². The first-order valence-corrected chi connectivity index (χ1v) is 10.2. The molecule has 0 amide bonds. The zero-order valence-electron chi connectivity index (χ0n) is 16.4. The van der Waals surface area contributed by atoms with E-state index in [1.54, 1.807) is 0 Å². The van der Waals surface area contributed by atoms with Crippen molar-refractivity contribution in [2.24, 2.45) is 0 Å². The van der Waals surface area contributed by atoms with Gasteiger partial charge in [0.15, 0.2) is 6.61 Å². The van der Waals surface area contributed by atoms with Gasteiger partial charge in [0.2, 0.25) is 5.82 Å². The Kier molecular flexibility index (Phi) is 5.85. The Labute approximate surface area is 164 Å². The Hall–Kier alpha value is -2.89. The summed E-state index contributed by atoms with van der Waals surface area (Å²) in [5.74, 6) is 1.37. The van der Waals surface area contributed by atoms with E-state index in [0.29, 0.717) is 12.4 Å². The monoisotopic (exact) mass is 377 g/mol. The first-order chi connectivity index (χ1) is 13.9. The number of hydrogen-bond donors (Lipinski definition) is 1. The number of hydrogen-bond acceptors (Lipinski definition) is 4. The van der Waals surface area contributed by atoms with Crippen LogP contribution in [0.15, 0.2) is 42.5 Å². The summed E-state index contributed by atoms with van der Waals surface area (Å²) in [6.07, 6.45) is 7.78. The van der Waals surface area contributed by atoms with Crippen LogP contribution in [-0.2, 0) is 13.2 Å². The molecule has 0 bridgehead atoms. The molecule has 6 nitrogen and oxygen atoms in total. The van der Waals surface area contributed by atoms with Crippen LogP contribution < -0.4 is 4.74 Å². The molecule has 0 spiro atoms. The first kappa shape index (κ1) is 18.5. The maximum atomic E-state index is 5.88. The second kappa shape index (κ2) is 8.87. The minimum atomic E-state index is 0.305. The van der Waals surface area contributed by atoms with Crippen molar-refractivity contribution in [3.63, 3.8) is 0 Å². The van der Waals surface area contributed by atoms with Gasteiger partial charge in [-0.15, -0.1) is 10.2 Å². The van der Waals surface area contributed by atoms with E-state index < -0.39 is 0 Å². The molecule has 0 fully saturated rings. The fourth-order valence-electron chi connectivity index (χ4n) is 3.80. The van der Waals surface area contributed by atoms with Gasteiger partial charge in [0.05, 0.1) is 5.52 Å². The number of ether oxygens (including phenoxy) is 1. The highest BCUT2D eigenvalue weighted by Gasteiger charge is 2.11. The van der Waals surface area contributed by atoms with Crippen LogP contribution >= 0.6 is 0 Å². The highest BCUT2D eigenvalue weighted by Crippen LogP contribution is 2.32. The van der Waals surface area contributed by atoms with Crippen LogP contribution in [-0.4, -0.2) is 25.2 Å². The lowest BCUT2D eigenvalue weighted by molar-refractivity contribution is 0.296. The van der Waals surface area contributed by atoms with Gasteiger partial charge in [-0.3, -0.25) is 0 Å². The van der Waals surface area contributed by atoms with Crippen LogP contribution in [0.3, 0.4) is 0 Å². The second-order valence-corrected chi connectivity index (χ2v) is 7.23. The summed E-state index contributed by atoms with van der Waals surface area (Å²) < 4.78 is 8.32. The Morgan fingerprint density at radius 2 is 1.75 bits per heavy atom. The molecule has 146 valence electrons. The summed E-state index contributed by atoms with van der Waals surface area (Å²) in [7, 11) is 0. The number of para-hydroxylation sites is 1. The summed E-state index contributed by atoms with van der Waals surface area (Å²) in [6, 6.07) is 14.9. The van der Waals surface area contributed by atoms with Crippen LogP contribution in [0.4, 0.5) is 0 Å².